The van der Waals surface area contributed by atoms with Crippen molar-refractivity contribution in [2.45, 2.75) is 36.7 Å². The van der Waals surface area contributed by atoms with Gasteiger partial charge in [-0.25, -0.2) is 13.4 Å². The molecule has 2 amide bonds. The number of anilines is 1. The number of pyridine rings is 1. The van der Waals surface area contributed by atoms with Crippen molar-refractivity contribution < 1.29 is 27.9 Å². The number of nitrogens with two attached hydrogens (primary N) is 1. The zero-order valence-corrected chi connectivity index (χ0v) is 18.7. The molecule has 0 aliphatic heterocycles. The molecule has 0 fully saturated rings. The van der Waals surface area contributed by atoms with Crippen molar-refractivity contribution in [1.82, 2.24) is 14.6 Å². The van der Waals surface area contributed by atoms with Crippen LogP contribution in [0.3, 0.4) is 0 Å². The van der Waals surface area contributed by atoms with Gasteiger partial charge in [0.15, 0.2) is 0 Å². The number of carboxylic acid groups (broad SMARTS) is 1. The third kappa shape index (κ3) is 8.25. The van der Waals surface area contributed by atoms with Crippen LogP contribution >= 0.6 is 0 Å². The monoisotopic (exact) mass is 477 g/mol. The normalized spacial score (nSPS) is 12.0. The summed E-state index contributed by atoms with van der Waals surface area (Å²) in [6, 6.07) is 12.6. The van der Waals surface area contributed by atoms with E-state index in [1.807, 2.05) is 6.07 Å². The van der Waals surface area contributed by atoms with E-state index in [9.17, 15) is 27.9 Å². The second-order valence-corrected chi connectivity index (χ2v) is 8.72. The Morgan fingerprint density at radius 2 is 1.73 bits per heavy atom. The lowest BCUT2D eigenvalue weighted by atomic mass is 10.2. The van der Waals surface area contributed by atoms with Gasteiger partial charge in [-0.2, -0.15) is 4.72 Å². The molecule has 0 saturated heterocycles. The molecule has 33 heavy (non-hydrogen) atoms. The Kier molecular flexibility index (Phi) is 9.91. The van der Waals surface area contributed by atoms with Crippen LogP contribution < -0.4 is 15.8 Å². The Morgan fingerprint density at radius 3 is 2.33 bits per heavy atom. The van der Waals surface area contributed by atoms with E-state index >= 15 is 0 Å². The molecular formula is C21H27N5O6S. The van der Waals surface area contributed by atoms with E-state index < -0.39 is 46.9 Å². The largest absolute Gasteiger partial charge is 0.481 e. The topological polar surface area (TPSA) is 172 Å². The summed E-state index contributed by atoms with van der Waals surface area (Å²) in [5.41, 5.74) is 5.41. The highest BCUT2D eigenvalue weighted by molar-refractivity contribution is 7.89. The van der Waals surface area contributed by atoms with E-state index in [4.69, 9.17) is 5.73 Å². The molecule has 12 heteroatoms. The summed E-state index contributed by atoms with van der Waals surface area (Å²) in [5, 5.41) is 12.3. The summed E-state index contributed by atoms with van der Waals surface area (Å²) in [4.78, 5) is 41.2. The van der Waals surface area contributed by atoms with Gasteiger partial charge in [-0.1, -0.05) is 24.3 Å². The fourth-order valence-corrected chi connectivity index (χ4v) is 4.19. The zero-order chi connectivity index (χ0) is 24.3. The fourth-order valence-electron chi connectivity index (χ4n) is 2.99. The number of aromatic nitrogens is 1. The van der Waals surface area contributed by atoms with Gasteiger partial charge in [-0.15, -0.1) is 0 Å². The highest BCUT2D eigenvalue weighted by Gasteiger charge is 2.33. The fraction of sp³-hybridized carbons (Fsp3) is 0.333. The first-order valence-electron chi connectivity index (χ1n) is 10.2. The average Bonchev–Trinajstić information content (AvgIpc) is 2.79. The molecule has 178 valence electrons. The summed E-state index contributed by atoms with van der Waals surface area (Å²) in [5.74, 6) is -2.31. The molecule has 0 radical (unpaired) electrons. The predicted molar refractivity (Wildman–Crippen MR) is 120 cm³/mol. The van der Waals surface area contributed by atoms with E-state index in [0.29, 0.717) is 30.1 Å². The quantitative estimate of drug-likeness (QED) is 0.240. The number of nitrogens with zero attached hydrogens (tertiary/aromatic N) is 2. The average molecular weight is 478 g/mol. The first kappa shape index (κ1) is 25.9. The van der Waals surface area contributed by atoms with Crippen molar-refractivity contribution in [2.24, 2.45) is 5.73 Å². The van der Waals surface area contributed by atoms with Crippen LogP contribution in [0, 0.1) is 0 Å². The van der Waals surface area contributed by atoms with E-state index in [-0.39, 0.29) is 11.3 Å². The first-order chi connectivity index (χ1) is 15.7. The minimum Gasteiger partial charge on any atom is -0.481 e. The number of benzene rings is 1. The van der Waals surface area contributed by atoms with Crippen LogP contribution in [0.25, 0.3) is 0 Å². The van der Waals surface area contributed by atoms with E-state index in [1.54, 1.807) is 24.4 Å². The molecule has 2 aromatic rings. The Balaban J connectivity index is 2.08. The summed E-state index contributed by atoms with van der Waals surface area (Å²) in [6.45, 7) is -0.0650. The maximum atomic E-state index is 12.8. The van der Waals surface area contributed by atoms with Crippen LogP contribution in [0.2, 0.25) is 0 Å². The van der Waals surface area contributed by atoms with Crippen molar-refractivity contribution in [3.63, 3.8) is 0 Å². The molecule has 1 aromatic heterocycles. The first-order valence-corrected chi connectivity index (χ1v) is 11.7. The maximum absolute atomic E-state index is 12.8. The molecule has 5 N–H and O–H groups in total. The van der Waals surface area contributed by atoms with Gasteiger partial charge in [0, 0.05) is 19.2 Å². The number of hydrogen-bond acceptors (Lipinski definition) is 8. The van der Waals surface area contributed by atoms with Gasteiger partial charge in [0.1, 0.15) is 12.0 Å². The summed E-state index contributed by atoms with van der Waals surface area (Å²) in [7, 11) is -4.20. The minimum atomic E-state index is -4.20. The number of carboxylic acids is 1. The van der Waals surface area contributed by atoms with Gasteiger partial charge in [-0.05, 0) is 37.1 Å². The van der Waals surface area contributed by atoms with Gasteiger partial charge in [0.05, 0.1) is 17.9 Å². The Labute approximate surface area is 192 Å². The number of aliphatic carboxylic acids is 1. The van der Waals surface area contributed by atoms with Crippen LogP contribution in [-0.4, -0.2) is 60.4 Å². The zero-order valence-electron chi connectivity index (χ0n) is 17.9. The van der Waals surface area contributed by atoms with Crippen molar-refractivity contribution in [3.8, 4) is 0 Å². The highest BCUT2D eigenvalue weighted by Crippen LogP contribution is 2.14. The number of sulfonamides is 1. The lowest BCUT2D eigenvalue weighted by molar-refractivity contribution is -0.149. The molecule has 1 heterocycles. The van der Waals surface area contributed by atoms with Crippen molar-refractivity contribution in [2.75, 3.05) is 18.4 Å². The Morgan fingerprint density at radius 1 is 1.03 bits per heavy atom. The molecule has 0 unspecified atom stereocenters. The molecule has 1 atom stereocenters. The van der Waals surface area contributed by atoms with Crippen LogP contribution in [-0.2, 0) is 24.4 Å². The van der Waals surface area contributed by atoms with Gasteiger partial charge < -0.3 is 16.2 Å². The van der Waals surface area contributed by atoms with Gasteiger partial charge in [0.2, 0.25) is 21.8 Å². The SMILES string of the molecule is NCC(=O)N(C(=O)CCCCNc1ccccn1)[C@H](CC(=O)O)NS(=O)(=O)c1ccccc1. The second-order valence-electron chi connectivity index (χ2n) is 7.01. The number of carbonyl (C=O) groups is 3. The van der Waals surface area contributed by atoms with Gasteiger partial charge >= 0.3 is 5.97 Å². The van der Waals surface area contributed by atoms with Crippen LogP contribution in [0.15, 0.2) is 59.6 Å². The second kappa shape index (κ2) is 12.6. The Bertz CT molecular complexity index is 1030. The number of amides is 2. The van der Waals surface area contributed by atoms with Crippen LogP contribution in [0.1, 0.15) is 25.7 Å². The van der Waals surface area contributed by atoms with Crippen molar-refractivity contribution >= 4 is 33.6 Å². The van der Waals surface area contributed by atoms with E-state index in [1.165, 1.54) is 24.3 Å². The molecule has 2 rings (SSSR count). The Hall–Kier alpha value is -3.35. The number of carbonyl (C=O) groups excluding carboxylic acids is 2. The molecular weight excluding hydrogens is 450 g/mol. The molecule has 1 aromatic carbocycles. The predicted octanol–water partition coefficient (Wildman–Crippen LogP) is 0.757. The molecule has 0 spiro atoms. The summed E-state index contributed by atoms with van der Waals surface area (Å²) >= 11 is 0. The van der Waals surface area contributed by atoms with Crippen LogP contribution in [0.4, 0.5) is 5.82 Å². The number of hydrogen-bond donors (Lipinski definition) is 4. The van der Waals surface area contributed by atoms with Gasteiger partial charge in [-0.3, -0.25) is 19.3 Å². The van der Waals surface area contributed by atoms with Crippen molar-refractivity contribution in [3.05, 3.63) is 54.7 Å². The summed E-state index contributed by atoms with van der Waals surface area (Å²) < 4.78 is 27.6. The third-order valence-corrected chi connectivity index (χ3v) is 6.00. The lowest BCUT2D eigenvalue weighted by Crippen LogP contribution is -2.55. The number of imide groups is 1. The highest BCUT2D eigenvalue weighted by atomic mass is 32.2. The van der Waals surface area contributed by atoms with E-state index in [2.05, 4.69) is 15.0 Å². The third-order valence-electron chi connectivity index (χ3n) is 4.52. The van der Waals surface area contributed by atoms with Crippen molar-refractivity contribution in [1.29, 1.82) is 0 Å². The standard InChI is InChI=1S/C21H27N5O6S/c22-15-20(28)26(19(27)11-5-7-13-24-17-10-4-6-12-23-17)18(14-21(29)30)25-33(31,32)16-8-2-1-3-9-16/h1-4,6,8-10,12,18,25H,5,7,11,13-15,22H2,(H,23,24)(H,29,30)/t18-/m1/s1. The smallest absolute Gasteiger partial charge is 0.306 e. The molecule has 11 nitrogen and oxygen atoms in total. The van der Waals surface area contributed by atoms with Crippen LogP contribution in [0.5, 0.6) is 0 Å². The molecule has 0 bridgehead atoms. The minimum absolute atomic E-state index is 0.0984. The number of unbranched alkanes of at least 4 members (excludes halogenated alkanes) is 1. The lowest BCUT2D eigenvalue weighted by Gasteiger charge is -2.29. The number of nitrogens with one attached hydrogen (secondary N) is 2. The molecule has 0 saturated carbocycles. The molecule has 0 aliphatic rings. The van der Waals surface area contributed by atoms with E-state index in [0.717, 1.165) is 0 Å². The molecule has 0 aliphatic carbocycles. The summed E-state index contributed by atoms with van der Waals surface area (Å²) in [6.07, 6.45) is 0.0398. The number of rotatable bonds is 13. The van der Waals surface area contributed by atoms with Gasteiger partial charge in [0.25, 0.3) is 0 Å². The maximum Gasteiger partial charge on any atom is 0.306 e.